The number of carbonyl (C=O) groups is 1. The highest BCUT2D eigenvalue weighted by atomic mass is 28.4. The number of rotatable bonds is 9. The second-order valence-corrected chi connectivity index (χ2v) is 12.4. The van der Waals surface area contributed by atoms with E-state index in [2.05, 4.69) is 57.4 Å². The highest BCUT2D eigenvalue weighted by Crippen LogP contribution is 2.37. The van der Waals surface area contributed by atoms with Crippen LogP contribution in [0.4, 0.5) is 0 Å². The highest BCUT2D eigenvalue weighted by Gasteiger charge is 2.38. The zero-order valence-electron chi connectivity index (χ0n) is 16.3. The molecule has 0 aliphatic rings. The van der Waals surface area contributed by atoms with Crippen LogP contribution >= 0.6 is 0 Å². The van der Waals surface area contributed by atoms with E-state index in [4.69, 9.17) is 4.43 Å². The normalized spacial score (nSPS) is 13.2. The van der Waals surface area contributed by atoms with Crippen molar-refractivity contribution in [3.63, 3.8) is 0 Å². The Hall–Kier alpha value is -0.793. The van der Waals surface area contributed by atoms with E-state index in [-0.39, 0.29) is 11.1 Å². The van der Waals surface area contributed by atoms with Crippen molar-refractivity contribution in [1.82, 2.24) is 0 Å². The Morgan fingerprint density at radius 3 is 2.17 bits per heavy atom. The maximum Gasteiger partial charge on any atom is 0.384 e. The molecule has 0 saturated carbocycles. The van der Waals surface area contributed by atoms with Crippen molar-refractivity contribution < 1.29 is 14.0 Å². The zero-order valence-corrected chi connectivity index (χ0v) is 17.3. The Kier molecular flexibility index (Phi) is 10.5. The van der Waals surface area contributed by atoms with Crippen LogP contribution in [-0.4, -0.2) is 27.5 Å². The molecule has 4 heteroatoms. The van der Waals surface area contributed by atoms with E-state index < -0.39 is 14.3 Å². The van der Waals surface area contributed by atoms with E-state index in [0.29, 0.717) is 0 Å². The average molecular weight is 341 g/mol. The number of esters is 1. The highest BCUT2D eigenvalue weighted by molar-refractivity contribution is 6.74. The lowest BCUT2D eigenvalue weighted by molar-refractivity contribution is -0.133. The lowest BCUT2D eigenvalue weighted by atomic mass is 10.1. The van der Waals surface area contributed by atoms with Gasteiger partial charge in [0.2, 0.25) is 0 Å². The molecule has 0 saturated heterocycles. The van der Waals surface area contributed by atoms with Gasteiger partial charge in [0.25, 0.3) is 0 Å². The Bertz CT molecular complexity index is 399. The zero-order chi connectivity index (χ0) is 17.9. The standard InChI is InChI=1S/C19H36O3Si/c1-8-9-10-11-12-13-14-17(15-16-18(20)21-5)22-23(6,7)19(2,3)4/h17H,8-14H2,1-7H3/t17-/m0/s1. The summed E-state index contributed by atoms with van der Waals surface area (Å²) in [5.41, 5.74) is 0. The minimum absolute atomic E-state index is 0.138. The van der Waals surface area contributed by atoms with Crippen molar-refractivity contribution in [2.45, 2.75) is 96.9 Å². The van der Waals surface area contributed by atoms with Crippen molar-refractivity contribution >= 4 is 14.3 Å². The second-order valence-electron chi connectivity index (χ2n) is 7.68. The van der Waals surface area contributed by atoms with E-state index in [0.717, 1.165) is 12.8 Å². The smallest absolute Gasteiger partial charge is 0.384 e. The van der Waals surface area contributed by atoms with E-state index in [1.54, 1.807) is 0 Å². The fourth-order valence-electron chi connectivity index (χ4n) is 1.99. The molecule has 0 N–H and O–H groups in total. The van der Waals surface area contributed by atoms with Crippen LogP contribution < -0.4 is 0 Å². The molecule has 0 bridgehead atoms. The van der Waals surface area contributed by atoms with E-state index in [1.165, 1.54) is 39.2 Å². The topological polar surface area (TPSA) is 35.5 Å². The molecule has 0 aromatic heterocycles. The third-order valence-electron chi connectivity index (χ3n) is 4.58. The van der Waals surface area contributed by atoms with Crippen LogP contribution in [0.5, 0.6) is 0 Å². The van der Waals surface area contributed by atoms with Crippen molar-refractivity contribution in [3.8, 4) is 11.8 Å². The van der Waals surface area contributed by atoms with Gasteiger partial charge in [-0.15, -0.1) is 0 Å². The molecule has 23 heavy (non-hydrogen) atoms. The summed E-state index contributed by atoms with van der Waals surface area (Å²) >= 11 is 0. The van der Waals surface area contributed by atoms with Crippen LogP contribution in [0.15, 0.2) is 0 Å². The summed E-state index contributed by atoms with van der Waals surface area (Å²) < 4.78 is 11.0. The van der Waals surface area contributed by atoms with Crippen molar-refractivity contribution in [1.29, 1.82) is 0 Å². The van der Waals surface area contributed by atoms with E-state index in [9.17, 15) is 4.79 Å². The summed E-state index contributed by atoms with van der Waals surface area (Å²) in [5, 5.41) is 0.138. The van der Waals surface area contributed by atoms with Gasteiger partial charge in [0, 0.05) is 5.92 Å². The van der Waals surface area contributed by atoms with E-state index in [1.807, 2.05) is 0 Å². The molecule has 0 fully saturated rings. The number of ether oxygens (including phenoxy) is 1. The van der Waals surface area contributed by atoms with Gasteiger partial charge >= 0.3 is 5.97 Å². The summed E-state index contributed by atoms with van der Waals surface area (Å²) in [6, 6.07) is 0. The van der Waals surface area contributed by atoms with Crippen LogP contribution in [0.1, 0.15) is 72.6 Å². The van der Waals surface area contributed by atoms with Gasteiger partial charge in [-0.3, -0.25) is 0 Å². The Labute approximate surface area is 144 Å². The van der Waals surface area contributed by atoms with Crippen LogP contribution in [0, 0.1) is 11.8 Å². The molecule has 134 valence electrons. The first-order chi connectivity index (χ1) is 10.6. The molecule has 1 atom stereocenters. The number of hydrogen-bond donors (Lipinski definition) is 0. The molecule has 0 heterocycles. The van der Waals surface area contributed by atoms with Crippen molar-refractivity contribution in [2.24, 2.45) is 0 Å². The fraction of sp³-hybridized carbons (Fsp3) is 0.842. The minimum atomic E-state index is -1.89. The molecule has 0 aliphatic carbocycles. The Balaban J connectivity index is 4.63. The Morgan fingerprint density at radius 1 is 1.09 bits per heavy atom. The van der Waals surface area contributed by atoms with Gasteiger partial charge in [-0.25, -0.2) is 4.79 Å². The fourth-order valence-corrected chi connectivity index (χ4v) is 3.24. The third-order valence-corrected chi connectivity index (χ3v) is 9.07. The van der Waals surface area contributed by atoms with Gasteiger partial charge in [0.15, 0.2) is 8.32 Å². The summed E-state index contributed by atoms with van der Waals surface area (Å²) in [6.45, 7) is 13.3. The number of hydrogen-bond acceptors (Lipinski definition) is 3. The SMILES string of the molecule is CCCCCCCC[C@@H](C#CC(=O)OC)O[Si](C)(C)C(C)(C)C. The second kappa shape index (κ2) is 10.9. The summed E-state index contributed by atoms with van der Waals surface area (Å²) in [7, 11) is -0.530. The Morgan fingerprint density at radius 2 is 1.65 bits per heavy atom. The first kappa shape index (κ1) is 22.2. The van der Waals surface area contributed by atoms with Gasteiger partial charge in [0.05, 0.1) is 7.11 Å². The lowest BCUT2D eigenvalue weighted by Crippen LogP contribution is -2.43. The molecule has 0 amide bonds. The first-order valence-corrected chi connectivity index (χ1v) is 11.8. The molecule has 0 aromatic carbocycles. The molecule has 3 nitrogen and oxygen atoms in total. The molecular formula is C19H36O3Si. The summed E-state index contributed by atoms with van der Waals surface area (Å²) in [6.07, 6.45) is 8.18. The van der Waals surface area contributed by atoms with Crippen molar-refractivity contribution in [3.05, 3.63) is 0 Å². The van der Waals surface area contributed by atoms with Crippen LogP contribution in [-0.2, 0) is 14.0 Å². The maximum atomic E-state index is 11.3. The summed E-state index contributed by atoms with van der Waals surface area (Å²) in [4.78, 5) is 11.3. The van der Waals surface area contributed by atoms with Crippen LogP contribution in [0.3, 0.4) is 0 Å². The number of unbranched alkanes of at least 4 members (excludes halogenated alkanes) is 5. The van der Waals surface area contributed by atoms with Crippen LogP contribution in [0.2, 0.25) is 18.1 Å². The predicted molar refractivity (Wildman–Crippen MR) is 99.9 cm³/mol. The minimum Gasteiger partial charge on any atom is -0.459 e. The van der Waals surface area contributed by atoms with Crippen LogP contribution in [0.25, 0.3) is 0 Å². The third kappa shape index (κ3) is 9.83. The largest absolute Gasteiger partial charge is 0.459 e. The van der Waals surface area contributed by atoms with Gasteiger partial charge in [-0.2, -0.15) is 0 Å². The number of carbonyl (C=O) groups excluding carboxylic acids is 1. The van der Waals surface area contributed by atoms with Gasteiger partial charge in [-0.1, -0.05) is 65.7 Å². The first-order valence-electron chi connectivity index (χ1n) is 8.91. The van der Waals surface area contributed by atoms with Gasteiger partial charge in [0.1, 0.15) is 6.10 Å². The molecule has 0 rings (SSSR count). The molecule has 0 spiro atoms. The average Bonchev–Trinajstić information content (AvgIpc) is 2.46. The maximum absolute atomic E-state index is 11.3. The molecule has 0 aliphatic heterocycles. The van der Waals surface area contributed by atoms with Gasteiger partial charge in [-0.05, 0) is 31.0 Å². The van der Waals surface area contributed by atoms with Gasteiger partial charge < -0.3 is 9.16 Å². The van der Waals surface area contributed by atoms with Crippen molar-refractivity contribution in [2.75, 3.05) is 7.11 Å². The summed E-state index contributed by atoms with van der Waals surface area (Å²) in [5.74, 6) is 5.05. The monoisotopic (exact) mass is 340 g/mol. The molecular weight excluding hydrogens is 304 g/mol. The molecule has 0 radical (unpaired) electrons. The predicted octanol–water partition coefficient (Wildman–Crippen LogP) is 5.30. The van der Waals surface area contributed by atoms with E-state index >= 15 is 0 Å². The quantitative estimate of drug-likeness (QED) is 0.188. The molecule has 0 unspecified atom stereocenters. The lowest BCUT2D eigenvalue weighted by Gasteiger charge is -2.38. The molecule has 0 aromatic rings. The number of methoxy groups -OCH3 is 1.